The Kier molecular flexibility index (Phi) is 6.95. The lowest BCUT2D eigenvalue weighted by atomic mass is 10.1. The van der Waals surface area contributed by atoms with Gasteiger partial charge in [0.25, 0.3) is 5.91 Å². The van der Waals surface area contributed by atoms with Gasteiger partial charge in [-0.15, -0.1) is 0 Å². The molecule has 2 N–H and O–H groups in total. The van der Waals surface area contributed by atoms with Crippen LogP contribution in [0.25, 0.3) is 0 Å². The van der Waals surface area contributed by atoms with Crippen LogP contribution in [0.4, 0.5) is 11.4 Å². The van der Waals surface area contributed by atoms with Crippen molar-refractivity contribution < 1.29 is 9.59 Å². The summed E-state index contributed by atoms with van der Waals surface area (Å²) in [6, 6.07) is 6.91. The zero-order chi connectivity index (χ0) is 19.1. The first-order valence-corrected chi connectivity index (χ1v) is 9.21. The molecule has 26 heavy (non-hydrogen) atoms. The molecule has 140 valence electrons. The molecule has 2 amide bonds. The number of benzene rings is 1. The smallest absolute Gasteiger partial charge is 0.255 e. The summed E-state index contributed by atoms with van der Waals surface area (Å²) in [6.07, 6.45) is 3.45. The van der Waals surface area contributed by atoms with Crippen LogP contribution in [0.1, 0.15) is 61.3 Å². The van der Waals surface area contributed by atoms with Gasteiger partial charge in [0.05, 0.1) is 17.1 Å². The first-order valence-electron chi connectivity index (χ1n) is 9.21. The SMILES string of the molecule is CCCCn1nc(C)c(NC(=O)c2ccc(NC(=O)CCC)cc2)c1C. The molecule has 2 aromatic rings. The molecule has 0 spiro atoms. The van der Waals surface area contributed by atoms with E-state index in [-0.39, 0.29) is 11.8 Å². The number of rotatable bonds is 8. The molecule has 0 atom stereocenters. The topological polar surface area (TPSA) is 76.0 Å². The Morgan fingerprint density at radius 3 is 2.35 bits per heavy atom. The highest BCUT2D eigenvalue weighted by Gasteiger charge is 2.15. The lowest BCUT2D eigenvalue weighted by Gasteiger charge is -2.08. The van der Waals surface area contributed by atoms with Gasteiger partial charge >= 0.3 is 0 Å². The van der Waals surface area contributed by atoms with Crippen molar-refractivity contribution in [1.82, 2.24) is 9.78 Å². The first kappa shape index (κ1) is 19.7. The van der Waals surface area contributed by atoms with Crippen LogP contribution in [-0.4, -0.2) is 21.6 Å². The number of nitrogens with zero attached hydrogens (tertiary/aromatic N) is 2. The molecule has 0 radical (unpaired) electrons. The number of amides is 2. The highest BCUT2D eigenvalue weighted by atomic mass is 16.2. The van der Waals surface area contributed by atoms with Gasteiger partial charge in [0, 0.05) is 24.2 Å². The van der Waals surface area contributed by atoms with Crippen LogP contribution in [0, 0.1) is 13.8 Å². The van der Waals surface area contributed by atoms with Gasteiger partial charge in [0.15, 0.2) is 0 Å². The van der Waals surface area contributed by atoms with Gasteiger partial charge in [-0.25, -0.2) is 0 Å². The van der Waals surface area contributed by atoms with Gasteiger partial charge in [0.2, 0.25) is 5.91 Å². The summed E-state index contributed by atoms with van der Waals surface area (Å²) in [6.45, 7) is 8.82. The molecule has 0 saturated heterocycles. The van der Waals surface area contributed by atoms with Crippen molar-refractivity contribution in [3.8, 4) is 0 Å². The van der Waals surface area contributed by atoms with Crippen molar-refractivity contribution in [1.29, 1.82) is 0 Å². The minimum Gasteiger partial charge on any atom is -0.326 e. The van der Waals surface area contributed by atoms with Gasteiger partial charge in [-0.05, 0) is 51.0 Å². The van der Waals surface area contributed by atoms with Crippen LogP contribution < -0.4 is 10.6 Å². The van der Waals surface area contributed by atoms with Crippen LogP contribution in [-0.2, 0) is 11.3 Å². The normalized spacial score (nSPS) is 10.6. The third-order valence-electron chi connectivity index (χ3n) is 4.25. The van der Waals surface area contributed by atoms with Crippen molar-refractivity contribution in [3.05, 3.63) is 41.2 Å². The molecule has 1 heterocycles. The van der Waals surface area contributed by atoms with E-state index in [1.165, 1.54) is 0 Å². The van der Waals surface area contributed by atoms with Gasteiger partial charge in [-0.1, -0.05) is 20.3 Å². The zero-order valence-electron chi connectivity index (χ0n) is 16.1. The van der Waals surface area contributed by atoms with E-state index in [1.54, 1.807) is 24.3 Å². The Morgan fingerprint density at radius 2 is 1.73 bits per heavy atom. The Bertz CT molecular complexity index is 763. The number of hydrogen-bond donors (Lipinski definition) is 2. The molecule has 0 fully saturated rings. The lowest BCUT2D eigenvalue weighted by molar-refractivity contribution is -0.116. The second kappa shape index (κ2) is 9.17. The average Bonchev–Trinajstić information content (AvgIpc) is 2.88. The lowest BCUT2D eigenvalue weighted by Crippen LogP contribution is -2.14. The van der Waals surface area contributed by atoms with Crippen LogP contribution in [0.15, 0.2) is 24.3 Å². The molecule has 0 aliphatic heterocycles. The zero-order valence-corrected chi connectivity index (χ0v) is 16.1. The number of aryl methyl sites for hydroxylation is 2. The number of carbonyl (C=O) groups excluding carboxylic acids is 2. The van der Waals surface area contributed by atoms with E-state index >= 15 is 0 Å². The summed E-state index contributed by atoms with van der Waals surface area (Å²) in [5.74, 6) is -0.201. The monoisotopic (exact) mass is 356 g/mol. The van der Waals surface area contributed by atoms with E-state index in [0.717, 1.165) is 42.9 Å². The Labute approximate surface area is 155 Å². The number of carbonyl (C=O) groups is 2. The predicted molar refractivity (Wildman–Crippen MR) is 105 cm³/mol. The fourth-order valence-electron chi connectivity index (χ4n) is 2.74. The summed E-state index contributed by atoms with van der Waals surface area (Å²) in [5.41, 5.74) is 3.79. The molecular weight excluding hydrogens is 328 g/mol. The van der Waals surface area contributed by atoms with Crippen LogP contribution in [0.3, 0.4) is 0 Å². The fraction of sp³-hybridized carbons (Fsp3) is 0.450. The number of anilines is 2. The standard InChI is InChI=1S/C20H28N4O2/c1-5-7-13-24-15(4)19(14(3)23-24)22-20(26)16-9-11-17(12-10-16)21-18(25)8-6-2/h9-12H,5-8,13H2,1-4H3,(H,21,25)(H,22,26). The summed E-state index contributed by atoms with van der Waals surface area (Å²) >= 11 is 0. The third kappa shape index (κ3) is 4.94. The highest BCUT2D eigenvalue weighted by molar-refractivity contribution is 6.05. The Balaban J connectivity index is 2.06. The quantitative estimate of drug-likeness (QED) is 0.741. The molecule has 0 aliphatic carbocycles. The predicted octanol–water partition coefficient (Wildman–Crippen LogP) is 4.29. The number of aromatic nitrogens is 2. The second-order valence-electron chi connectivity index (χ2n) is 6.45. The van der Waals surface area contributed by atoms with E-state index in [2.05, 4.69) is 22.7 Å². The maximum atomic E-state index is 12.5. The third-order valence-corrected chi connectivity index (χ3v) is 4.25. The number of hydrogen-bond acceptors (Lipinski definition) is 3. The second-order valence-corrected chi connectivity index (χ2v) is 6.45. The van der Waals surface area contributed by atoms with Crippen LogP contribution in [0.2, 0.25) is 0 Å². The Hall–Kier alpha value is -2.63. The van der Waals surface area contributed by atoms with Crippen molar-refractivity contribution in [2.45, 2.75) is 59.9 Å². The van der Waals surface area contributed by atoms with Gasteiger partial charge in [-0.2, -0.15) is 5.10 Å². The molecule has 6 nitrogen and oxygen atoms in total. The molecule has 0 unspecified atom stereocenters. The first-order chi connectivity index (χ1) is 12.5. The van der Waals surface area contributed by atoms with Crippen molar-refractivity contribution in [2.24, 2.45) is 0 Å². The van der Waals surface area contributed by atoms with E-state index in [4.69, 9.17) is 0 Å². The average molecular weight is 356 g/mol. The van der Waals surface area contributed by atoms with Crippen LogP contribution in [0.5, 0.6) is 0 Å². The van der Waals surface area contributed by atoms with E-state index in [0.29, 0.717) is 17.7 Å². The number of nitrogens with one attached hydrogen (secondary N) is 2. The molecular formula is C20H28N4O2. The van der Waals surface area contributed by atoms with Crippen molar-refractivity contribution in [3.63, 3.8) is 0 Å². The van der Waals surface area contributed by atoms with Gasteiger partial charge in [-0.3, -0.25) is 14.3 Å². The van der Waals surface area contributed by atoms with Gasteiger partial charge in [0.1, 0.15) is 0 Å². The minimum absolute atomic E-state index is 0.0181. The molecule has 1 aromatic heterocycles. The molecule has 0 bridgehead atoms. The van der Waals surface area contributed by atoms with E-state index < -0.39 is 0 Å². The largest absolute Gasteiger partial charge is 0.326 e. The molecule has 0 saturated carbocycles. The van der Waals surface area contributed by atoms with E-state index in [1.807, 2.05) is 25.5 Å². The summed E-state index contributed by atoms with van der Waals surface area (Å²) in [5, 5.41) is 10.3. The van der Waals surface area contributed by atoms with E-state index in [9.17, 15) is 9.59 Å². The van der Waals surface area contributed by atoms with Crippen LogP contribution >= 0.6 is 0 Å². The summed E-state index contributed by atoms with van der Waals surface area (Å²) < 4.78 is 1.95. The van der Waals surface area contributed by atoms with Gasteiger partial charge < -0.3 is 10.6 Å². The number of unbranched alkanes of at least 4 members (excludes halogenated alkanes) is 1. The molecule has 1 aromatic carbocycles. The fourth-order valence-corrected chi connectivity index (χ4v) is 2.74. The minimum atomic E-state index is -0.183. The maximum absolute atomic E-state index is 12.5. The highest BCUT2D eigenvalue weighted by Crippen LogP contribution is 2.21. The van der Waals surface area contributed by atoms with Crippen molar-refractivity contribution in [2.75, 3.05) is 10.6 Å². The maximum Gasteiger partial charge on any atom is 0.255 e. The van der Waals surface area contributed by atoms with Crippen molar-refractivity contribution >= 4 is 23.2 Å². The summed E-state index contributed by atoms with van der Waals surface area (Å²) in [4.78, 5) is 24.2. The summed E-state index contributed by atoms with van der Waals surface area (Å²) in [7, 11) is 0. The molecule has 2 rings (SSSR count). The molecule has 6 heteroatoms. The molecule has 0 aliphatic rings. The Morgan fingerprint density at radius 1 is 1.04 bits per heavy atom.